The van der Waals surface area contributed by atoms with Gasteiger partial charge in [0, 0.05) is 32.0 Å². The quantitative estimate of drug-likeness (QED) is 0.769. The maximum atomic E-state index is 12.9. The van der Waals surface area contributed by atoms with E-state index >= 15 is 0 Å². The topological polar surface area (TPSA) is 97.0 Å². The van der Waals surface area contributed by atoms with E-state index in [0.29, 0.717) is 37.0 Å². The Balaban J connectivity index is 1.29. The average Bonchev–Trinajstić information content (AvgIpc) is 3.10. The summed E-state index contributed by atoms with van der Waals surface area (Å²) in [5, 5.41) is 6.71. The molecule has 1 aromatic carbocycles. The molecule has 2 amide bonds. The number of amides is 2. The number of nitrogens with zero attached hydrogens (tertiary/aromatic N) is 5. The summed E-state index contributed by atoms with van der Waals surface area (Å²) in [6, 6.07) is 5.83. The Hall–Kier alpha value is -3.36. The van der Waals surface area contributed by atoms with Gasteiger partial charge < -0.3 is 14.7 Å². The lowest BCUT2D eigenvalue weighted by Crippen LogP contribution is -2.52. The number of nitrogens with one attached hydrogen (secondary N) is 1. The molecule has 0 aliphatic carbocycles. The van der Waals surface area contributed by atoms with Crippen molar-refractivity contribution < 1.29 is 13.7 Å². The van der Waals surface area contributed by atoms with Crippen molar-refractivity contribution in [2.45, 2.75) is 12.5 Å². The van der Waals surface area contributed by atoms with Gasteiger partial charge in [0.2, 0.25) is 11.7 Å². The Morgan fingerprint density at radius 3 is 2.81 bits per heavy atom. The van der Waals surface area contributed by atoms with Crippen LogP contribution >= 0.6 is 0 Å². The molecule has 0 radical (unpaired) electrons. The van der Waals surface area contributed by atoms with Gasteiger partial charge in [-0.3, -0.25) is 4.98 Å². The molecule has 2 aromatic heterocycles. The van der Waals surface area contributed by atoms with Crippen LogP contribution in [-0.2, 0) is 6.54 Å². The fraction of sp³-hybridized carbons (Fsp3) is 0.235. The number of halogens is 1. The smallest absolute Gasteiger partial charge is 0.317 e. The highest BCUT2D eigenvalue weighted by atomic mass is 19.1. The van der Waals surface area contributed by atoms with Crippen LogP contribution in [0.25, 0.3) is 11.5 Å². The van der Waals surface area contributed by atoms with Gasteiger partial charge in [-0.25, -0.2) is 14.2 Å². The van der Waals surface area contributed by atoms with E-state index in [1.807, 2.05) is 0 Å². The number of benzene rings is 1. The lowest BCUT2D eigenvalue weighted by molar-refractivity contribution is 0.136. The molecular formula is C17H15FN6O2. The van der Waals surface area contributed by atoms with E-state index in [1.54, 1.807) is 35.6 Å². The number of rotatable bonds is 4. The predicted molar refractivity (Wildman–Crippen MR) is 88.3 cm³/mol. The van der Waals surface area contributed by atoms with Crippen molar-refractivity contribution in [1.29, 1.82) is 0 Å². The van der Waals surface area contributed by atoms with Gasteiger partial charge in [0.05, 0.1) is 12.1 Å². The Bertz CT molecular complexity index is 893. The van der Waals surface area contributed by atoms with Gasteiger partial charge in [0.25, 0.3) is 0 Å². The van der Waals surface area contributed by atoms with Crippen LogP contribution in [0.2, 0.25) is 0 Å². The van der Waals surface area contributed by atoms with E-state index < -0.39 is 0 Å². The number of carbonyl (C=O) groups is 1. The van der Waals surface area contributed by atoms with E-state index in [2.05, 4.69) is 25.4 Å². The van der Waals surface area contributed by atoms with E-state index in [1.165, 1.54) is 12.1 Å². The highest BCUT2D eigenvalue weighted by Gasteiger charge is 2.35. The van der Waals surface area contributed by atoms with Crippen LogP contribution in [0, 0.1) is 5.82 Å². The minimum Gasteiger partial charge on any atom is -0.338 e. The van der Waals surface area contributed by atoms with Crippen molar-refractivity contribution in [3.8, 4) is 11.5 Å². The number of urea groups is 1. The number of carbonyl (C=O) groups excluding carboxylic acids is 1. The molecule has 1 fully saturated rings. The molecule has 0 saturated carbocycles. The van der Waals surface area contributed by atoms with Crippen molar-refractivity contribution in [3.63, 3.8) is 0 Å². The number of hydrogen-bond donors (Lipinski definition) is 1. The first-order valence-corrected chi connectivity index (χ1v) is 8.06. The van der Waals surface area contributed by atoms with Gasteiger partial charge in [-0.15, -0.1) is 0 Å². The van der Waals surface area contributed by atoms with Crippen molar-refractivity contribution in [1.82, 2.24) is 30.3 Å². The van der Waals surface area contributed by atoms with E-state index in [4.69, 9.17) is 4.52 Å². The van der Waals surface area contributed by atoms with Crippen molar-refractivity contribution in [3.05, 3.63) is 60.1 Å². The molecule has 0 atom stereocenters. The lowest BCUT2D eigenvalue weighted by atomic mass is 10.0. The maximum absolute atomic E-state index is 12.9. The average molecular weight is 354 g/mol. The SMILES string of the molecule is O=C(NCc1ccc(F)cc1)N1CC(c2nc(-c3cnccn3)no2)C1. The summed E-state index contributed by atoms with van der Waals surface area (Å²) in [6.45, 7) is 1.34. The number of likely N-dealkylation sites (tertiary alicyclic amines) is 1. The van der Waals surface area contributed by atoms with Crippen LogP contribution in [0.1, 0.15) is 17.4 Å². The van der Waals surface area contributed by atoms with Crippen LogP contribution in [0.3, 0.4) is 0 Å². The van der Waals surface area contributed by atoms with Crippen LogP contribution in [-0.4, -0.2) is 44.1 Å². The zero-order chi connectivity index (χ0) is 17.9. The molecule has 4 rings (SSSR count). The zero-order valence-electron chi connectivity index (χ0n) is 13.7. The van der Waals surface area contributed by atoms with Crippen LogP contribution < -0.4 is 5.32 Å². The fourth-order valence-corrected chi connectivity index (χ4v) is 2.61. The Morgan fingerprint density at radius 1 is 1.27 bits per heavy atom. The van der Waals surface area contributed by atoms with E-state index in [9.17, 15) is 9.18 Å². The fourth-order valence-electron chi connectivity index (χ4n) is 2.61. The Labute approximate surface area is 148 Å². The third-order valence-corrected chi connectivity index (χ3v) is 4.11. The van der Waals surface area contributed by atoms with Gasteiger partial charge >= 0.3 is 6.03 Å². The van der Waals surface area contributed by atoms with E-state index in [-0.39, 0.29) is 17.8 Å². The van der Waals surface area contributed by atoms with Crippen LogP contribution in [0.15, 0.2) is 47.4 Å². The normalized spacial score (nSPS) is 14.1. The minimum absolute atomic E-state index is 0.00416. The molecule has 9 heteroatoms. The summed E-state index contributed by atoms with van der Waals surface area (Å²) < 4.78 is 18.1. The molecular weight excluding hydrogens is 339 g/mol. The summed E-state index contributed by atoms with van der Waals surface area (Å²) in [5.41, 5.74) is 1.37. The second-order valence-corrected chi connectivity index (χ2v) is 5.93. The van der Waals surface area contributed by atoms with Crippen LogP contribution in [0.5, 0.6) is 0 Å². The molecule has 0 unspecified atom stereocenters. The minimum atomic E-state index is -0.300. The summed E-state index contributed by atoms with van der Waals surface area (Å²) in [7, 11) is 0. The summed E-state index contributed by atoms with van der Waals surface area (Å²) >= 11 is 0. The first-order valence-electron chi connectivity index (χ1n) is 8.06. The second kappa shape index (κ2) is 6.87. The summed E-state index contributed by atoms with van der Waals surface area (Å²) in [5.74, 6) is 0.566. The molecule has 0 spiro atoms. The Morgan fingerprint density at radius 2 is 2.08 bits per heavy atom. The zero-order valence-corrected chi connectivity index (χ0v) is 13.7. The lowest BCUT2D eigenvalue weighted by Gasteiger charge is -2.36. The van der Waals surface area contributed by atoms with Crippen molar-refractivity contribution in [2.75, 3.05) is 13.1 Å². The number of aromatic nitrogens is 4. The Kier molecular flexibility index (Phi) is 4.26. The molecule has 3 heterocycles. The third kappa shape index (κ3) is 3.37. The first kappa shape index (κ1) is 16.1. The van der Waals surface area contributed by atoms with Gasteiger partial charge in [0.15, 0.2) is 0 Å². The molecule has 26 heavy (non-hydrogen) atoms. The standard InChI is InChI=1S/C17H15FN6O2/c18-13-3-1-11(2-4-13)7-21-17(25)24-9-12(10-24)16-22-15(23-26-16)14-8-19-5-6-20-14/h1-6,8,12H,7,9-10H2,(H,21,25). The molecule has 1 N–H and O–H groups in total. The summed E-state index contributed by atoms with van der Waals surface area (Å²) in [6.07, 6.45) is 4.69. The highest BCUT2D eigenvalue weighted by Crippen LogP contribution is 2.27. The molecule has 132 valence electrons. The molecule has 0 bridgehead atoms. The highest BCUT2D eigenvalue weighted by molar-refractivity contribution is 5.75. The largest absolute Gasteiger partial charge is 0.338 e. The maximum Gasteiger partial charge on any atom is 0.317 e. The molecule has 8 nitrogen and oxygen atoms in total. The number of hydrogen-bond acceptors (Lipinski definition) is 6. The molecule has 3 aromatic rings. The third-order valence-electron chi connectivity index (χ3n) is 4.11. The van der Waals surface area contributed by atoms with Crippen molar-refractivity contribution >= 4 is 6.03 Å². The van der Waals surface area contributed by atoms with E-state index in [0.717, 1.165) is 5.56 Å². The van der Waals surface area contributed by atoms with Gasteiger partial charge in [-0.05, 0) is 17.7 Å². The van der Waals surface area contributed by atoms with Gasteiger partial charge in [-0.1, -0.05) is 17.3 Å². The van der Waals surface area contributed by atoms with Gasteiger partial charge in [-0.2, -0.15) is 4.98 Å². The first-order chi connectivity index (χ1) is 12.7. The van der Waals surface area contributed by atoms with Gasteiger partial charge in [0.1, 0.15) is 11.5 Å². The predicted octanol–water partition coefficient (Wildman–Crippen LogP) is 1.97. The monoisotopic (exact) mass is 354 g/mol. The molecule has 1 aliphatic heterocycles. The summed E-state index contributed by atoms with van der Waals surface area (Å²) in [4.78, 5) is 26.2. The van der Waals surface area contributed by atoms with Crippen molar-refractivity contribution in [2.24, 2.45) is 0 Å². The second-order valence-electron chi connectivity index (χ2n) is 5.93. The van der Waals surface area contributed by atoms with Crippen LogP contribution in [0.4, 0.5) is 9.18 Å². The molecule has 1 aliphatic rings. The molecule has 1 saturated heterocycles.